The van der Waals surface area contributed by atoms with Crippen LogP contribution in [0, 0.1) is 17.6 Å². The van der Waals surface area contributed by atoms with E-state index in [4.69, 9.17) is 11.6 Å². The molecule has 0 bridgehead atoms. The summed E-state index contributed by atoms with van der Waals surface area (Å²) in [7, 11) is 0. The number of aliphatic hydroxyl groups excluding tert-OH is 1. The number of hydrogen-bond donors (Lipinski definition) is 1. The Bertz CT molecular complexity index is 510. The second-order valence-electron chi connectivity index (χ2n) is 4.83. The molecule has 0 saturated carbocycles. The van der Waals surface area contributed by atoms with E-state index in [1.807, 2.05) is 6.92 Å². The number of carbonyl (C=O) groups is 1. The largest absolute Gasteiger partial charge is 0.391 e. The summed E-state index contributed by atoms with van der Waals surface area (Å²) in [4.78, 5) is 13.4. The Balaban J connectivity index is 2.23. The maximum absolute atomic E-state index is 13.6. The lowest BCUT2D eigenvalue weighted by Crippen LogP contribution is -2.46. The SMILES string of the molecule is CC1CCN(C(=O)c2cc(F)c(Cl)cc2F)CC1O. The molecular weight excluding hydrogens is 276 g/mol. The maximum Gasteiger partial charge on any atom is 0.257 e. The second-order valence-corrected chi connectivity index (χ2v) is 5.24. The van der Waals surface area contributed by atoms with Crippen molar-refractivity contribution in [3.05, 3.63) is 34.4 Å². The van der Waals surface area contributed by atoms with Crippen molar-refractivity contribution in [3.63, 3.8) is 0 Å². The zero-order valence-corrected chi connectivity index (χ0v) is 11.1. The van der Waals surface area contributed by atoms with Crippen LogP contribution in [0.5, 0.6) is 0 Å². The molecule has 1 saturated heterocycles. The number of amides is 1. The predicted molar refractivity (Wildman–Crippen MR) is 67.1 cm³/mol. The van der Waals surface area contributed by atoms with Gasteiger partial charge in [-0.3, -0.25) is 4.79 Å². The molecule has 0 aromatic heterocycles. The summed E-state index contributed by atoms with van der Waals surface area (Å²) in [5, 5.41) is 9.37. The molecule has 1 aliphatic heterocycles. The third-order valence-electron chi connectivity index (χ3n) is 3.45. The van der Waals surface area contributed by atoms with Crippen molar-refractivity contribution >= 4 is 17.5 Å². The summed E-state index contributed by atoms with van der Waals surface area (Å²) in [6.07, 6.45) is -0.0113. The number of rotatable bonds is 1. The summed E-state index contributed by atoms with van der Waals surface area (Å²) in [5.41, 5.74) is -0.358. The molecule has 0 spiro atoms. The van der Waals surface area contributed by atoms with Crippen LogP contribution in [-0.2, 0) is 0 Å². The number of likely N-dealkylation sites (tertiary alicyclic amines) is 1. The molecule has 1 aliphatic rings. The van der Waals surface area contributed by atoms with Gasteiger partial charge in [-0.05, 0) is 24.5 Å². The van der Waals surface area contributed by atoms with Crippen LogP contribution >= 0.6 is 11.6 Å². The Morgan fingerprint density at radius 3 is 2.74 bits per heavy atom. The smallest absolute Gasteiger partial charge is 0.257 e. The Hall–Kier alpha value is -1.20. The number of aliphatic hydroxyl groups is 1. The molecule has 3 nitrogen and oxygen atoms in total. The minimum absolute atomic E-state index is 0.0934. The van der Waals surface area contributed by atoms with Gasteiger partial charge in [0.05, 0.1) is 16.7 Å². The quantitative estimate of drug-likeness (QED) is 0.807. The number of carbonyl (C=O) groups excluding carboxylic acids is 1. The van der Waals surface area contributed by atoms with Gasteiger partial charge in [0.25, 0.3) is 5.91 Å². The molecule has 19 heavy (non-hydrogen) atoms. The van der Waals surface area contributed by atoms with Crippen molar-refractivity contribution in [2.45, 2.75) is 19.4 Å². The molecule has 0 radical (unpaired) electrons. The average molecular weight is 290 g/mol. The van der Waals surface area contributed by atoms with Gasteiger partial charge < -0.3 is 10.0 Å². The molecule has 1 aromatic carbocycles. The van der Waals surface area contributed by atoms with Crippen LogP contribution in [0.4, 0.5) is 8.78 Å². The standard InChI is InChI=1S/C13H14ClF2NO2/c1-7-2-3-17(6-12(7)18)13(19)8-4-11(16)9(14)5-10(8)15/h4-5,7,12,18H,2-3,6H2,1H3. The van der Waals surface area contributed by atoms with Crippen molar-refractivity contribution in [2.75, 3.05) is 13.1 Å². The first kappa shape index (κ1) is 14.2. The molecule has 0 aliphatic carbocycles. The summed E-state index contributed by atoms with van der Waals surface area (Å²) >= 11 is 5.44. The third kappa shape index (κ3) is 2.87. The second kappa shape index (κ2) is 5.43. The monoisotopic (exact) mass is 289 g/mol. The molecule has 1 amide bonds. The topological polar surface area (TPSA) is 40.5 Å². The van der Waals surface area contributed by atoms with E-state index < -0.39 is 23.6 Å². The zero-order valence-electron chi connectivity index (χ0n) is 10.4. The first-order chi connectivity index (χ1) is 8.90. The van der Waals surface area contributed by atoms with Gasteiger partial charge in [-0.2, -0.15) is 0 Å². The Labute approximate surface area is 114 Å². The average Bonchev–Trinajstić information content (AvgIpc) is 2.36. The highest BCUT2D eigenvalue weighted by Gasteiger charge is 2.29. The molecule has 1 heterocycles. The van der Waals surface area contributed by atoms with Gasteiger partial charge in [0.2, 0.25) is 0 Å². The van der Waals surface area contributed by atoms with Crippen LogP contribution in [-0.4, -0.2) is 35.1 Å². The lowest BCUT2D eigenvalue weighted by Gasteiger charge is -2.34. The highest BCUT2D eigenvalue weighted by atomic mass is 35.5. The summed E-state index contributed by atoms with van der Waals surface area (Å²) in [6.45, 7) is 2.43. The van der Waals surface area contributed by atoms with Crippen molar-refractivity contribution < 1.29 is 18.7 Å². The summed E-state index contributed by atoms with van der Waals surface area (Å²) in [5.74, 6) is -2.23. The summed E-state index contributed by atoms with van der Waals surface area (Å²) in [6, 6.07) is 1.58. The van der Waals surface area contributed by atoms with E-state index in [0.29, 0.717) is 13.0 Å². The number of hydrogen-bond acceptors (Lipinski definition) is 2. The van der Waals surface area contributed by atoms with Crippen LogP contribution in [0.1, 0.15) is 23.7 Å². The van der Waals surface area contributed by atoms with Gasteiger partial charge in [-0.1, -0.05) is 18.5 Å². The lowest BCUT2D eigenvalue weighted by atomic mass is 9.95. The summed E-state index contributed by atoms with van der Waals surface area (Å²) < 4.78 is 27.0. The number of halogens is 3. The van der Waals surface area contributed by atoms with Crippen LogP contribution < -0.4 is 0 Å². The molecule has 104 valence electrons. The molecule has 1 aromatic rings. The number of benzene rings is 1. The Morgan fingerprint density at radius 1 is 1.42 bits per heavy atom. The van der Waals surface area contributed by atoms with Gasteiger partial charge in [-0.25, -0.2) is 8.78 Å². The van der Waals surface area contributed by atoms with E-state index in [0.717, 1.165) is 12.1 Å². The van der Waals surface area contributed by atoms with Gasteiger partial charge in [0.15, 0.2) is 0 Å². The van der Waals surface area contributed by atoms with Crippen LogP contribution in [0.15, 0.2) is 12.1 Å². The molecule has 1 fully saturated rings. The first-order valence-electron chi connectivity index (χ1n) is 6.02. The zero-order chi connectivity index (χ0) is 14.2. The van der Waals surface area contributed by atoms with E-state index in [1.54, 1.807) is 0 Å². The number of nitrogens with zero attached hydrogens (tertiary/aromatic N) is 1. The van der Waals surface area contributed by atoms with Gasteiger partial charge in [-0.15, -0.1) is 0 Å². The van der Waals surface area contributed by atoms with Gasteiger partial charge in [0, 0.05) is 13.1 Å². The van der Waals surface area contributed by atoms with Crippen molar-refractivity contribution in [1.29, 1.82) is 0 Å². The van der Waals surface area contributed by atoms with E-state index >= 15 is 0 Å². The molecular formula is C13H14ClF2NO2. The minimum Gasteiger partial charge on any atom is -0.391 e. The van der Waals surface area contributed by atoms with E-state index in [1.165, 1.54) is 4.90 Å². The fourth-order valence-electron chi connectivity index (χ4n) is 2.09. The lowest BCUT2D eigenvalue weighted by molar-refractivity contribution is 0.0245. The van der Waals surface area contributed by atoms with Crippen LogP contribution in [0.2, 0.25) is 5.02 Å². The van der Waals surface area contributed by atoms with E-state index in [2.05, 4.69) is 0 Å². The highest BCUT2D eigenvalue weighted by Crippen LogP contribution is 2.23. The van der Waals surface area contributed by atoms with E-state index in [9.17, 15) is 18.7 Å². The van der Waals surface area contributed by atoms with Crippen LogP contribution in [0.3, 0.4) is 0 Å². The van der Waals surface area contributed by atoms with Gasteiger partial charge >= 0.3 is 0 Å². The van der Waals surface area contributed by atoms with Crippen molar-refractivity contribution in [3.8, 4) is 0 Å². The minimum atomic E-state index is -0.857. The number of β-amino-alcohol motifs (C(OH)–C–C–N with tert-alkyl or cyclic N) is 1. The molecule has 1 N–H and O–H groups in total. The molecule has 6 heteroatoms. The van der Waals surface area contributed by atoms with Crippen molar-refractivity contribution in [1.82, 2.24) is 4.90 Å². The molecule has 2 atom stereocenters. The fraction of sp³-hybridized carbons (Fsp3) is 0.462. The fourth-order valence-corrected chi connectivity index (χ4v) is 2.24. The Kier molecular flexibility index (Phi) is 4.06. The Morgan fingerprint density at radius 2 is 2.11 bits per heavy atom. The normalized spacial score (nSPS) is 23.5. The first-order valence-corrected chi connectivity index (χ1v) is 6.40. The third-order valence-corrected chi connectivity index (χ3v) is 3.74. The molecule has 2 unspecified atom stereocenters. The van der Waals surface area contributed by atoms with Crippen molar-refractivity contribution in [2.24, 2.45) is 5.92 Å². The van der Waals surface area contributed by atoms with E-state index in [-0.39, 0.29) is 23.0 Å². The van der Waals surface area contributed by atoms with Crippen LogP contribution in [0.25, 0.3) is 0 Å². The number of piperidine rings is 1. The maximum atomic E-state index is 13.6. The van der Waals surface area contributed by atoms with Gasteiger partial charge in [0.1, 0.15) is 11.6 Å². The predicted octanol–water partition coefficient (Wildman–Crippen LogP) is 2.46. The highest BCUT2D eigenvalue weighted by molar-refractivity contribution is 6.30. The molecule has 2 rings (SSSR count).